The molecule has 2 heterocycles. The van der Waals surface area contributed by atoms with Gasteiger partial charge in [0.05, 0.1) is 10.6 Å². The van der Waals surface area contributed by atoms with Gasteiger partial charge in [-0.3, -0.25) is 9.88 Å². The first kappa shape index (κ1) is 15.7. The molecule has 0 aromatic carbocycles. The van der Waals surface area contributed by atoms with Crippen molar-refractivity contribution in [3.8, 4) is 11.8 Å². The van der Waals surface area contributed by atoms with Crippen LogP contribution in [-0.4, -0.2) is 28.1 Å². The quantitative estimate of drug-likeness (QED) is 0.863. The van der Waals surface area contributed by atoms with Crippen LogP contribution < -0.4 is 0 Å². The third kappa shape index (κ3) is 4.98. The van der Waals surface area contributed by atoms with E-state index in [1.54, 1.807) is 11.3 Å². The van der Waals surface area contributed by atoms with Crippen LogP contribution in [0.2, 0.25) is 0 Å². The van der Waals surface area contributed by atoms with Crippen LogP contribution in [0.1, 0.15) is 28.1 Å². The van der Waals surface area contributed by atoms with E-state index in [-0.39, 0.29) is 6.61 Å². The Kier molecular flexibility index (Phi) is 5.94. The average Bonchev–Trinajstić information content (AvgIpc) is 2.92. The largest absolute Gasteiger partial charge is 0.384 e. The molecule has 110 valence electrons. The van der Waals surface area contributed by atoms with E-state index in [1.807, 2.05) is 19.1 Å². The van der Waals surface area contributed by atoms with Gasteiger partial charge in [0.1, 0.15) is 6.61 Å². The zero-order chi connectivity index (χ0) is 15.1. The minimum absolute atomic E-state index is 0.0899. The molecule has 0 unspecified atom stereocenters. The van der Waals surface area contributed by atoms with Crippen molar-refractivity contribution in [1.82, 2.24) is 9.88 Å². The van der Waals surface area contributed by atoms with Crippen LogP contribution in [0.15, 0.2) is 30.3 Å². The molecule has 0 amide bonds. The molecule has 0 bridgehead atoms. The molecule has 2 rings (SSSR count). The lowest BCUT2D eigenvalue weighted by molar-refractivity contribution is 0.270. The van der Waals surface area contributed by atoms with Crippen molar-refractivity contribution in [2.45, 2.75) is 26.9 Å². The number of nitrogens with zero attached hydrogens (tertiary/aromatic N) is 2. The van der Waals surface area contributed by atoms with Crippen molar-refractivity contribution in [2.75, 3.05) is 13.2 Å². The monoisotopic (exact) mass is 300 g/mol. The van der Waals surface area contributed by atoms with E-state index in [9.17, 15) is 0 Å². The molecule has 0 atom stereocenters. The lowest BCUT2D eigenvalue weighted by Gasteiger charge is -2.19. The molecule has 0 saturated heterocycles. The molecule has 2 aromatic heterocycles. The van der Waals surface area contributed by atoms with Gasteiger partial charge >= 0.3 is 0 Å². The van der Waals surface area contributed by atoms with Crippen LogP contribution in [0.3, 0.4) is 0 Å². The number of thiophene rings is 1. The molecule has 1 N–H and O–H groups in total. The predicted octanol–water partition coefficient (Wildman–Crippen LogP) is 2.82. The highest BCUT2D eigenvalue weighted by molar-refractivity contribution is 7.12. The lowest BCUT2D eigenvalue weighted by Crippen LogP contribution is -2.22. The maximum absolute atomic E-state index is 8.72. The van der Waals surface area contributed by atoms with Crippen LogP contribution in [0, 0.1) is 18.8 Å². The maximum Gasteiger partial charge on any atom is 0.104 e. The Morgan fingerprint density at radius 2 is 2.10 bits per heavy atom. The smallest absolute Gasteiger partial charge is 0.104 e. The predicted molar refractivity (Wildman–Crippen MR) is 87.0 cm³/mol. The summed E-state index contributed by atoms with van der Waals surface area (Å²) in [7, 11) is 0. The topological polar surface area (TPSA) is 36.4 Å². The van der Waals surface area contributed by atoms with Crippen molar-refractivity contribution < 1.29 is 5.11 Å². The van der Waals surface area contributed by atoms with Crippen molar-refractivity contribution in [1.29, 1.82) is 0 Å². The number of aryl methyl sites for hydroxylation is 1. The standard InChI is InChI=1S/C17H20N2OS/c1-3-19(12-15-7-4-6-14(2)18-15)13-17-10-9-16(21-17)8-5-11-20/h4,6-7,9-10,20H,3,11-13H2,1-2H3. The molecule has 0 saturated carbocycles. The minimum Gasteiger partial charge on any atom is -0.384 e. The molecule has 0 radical (unpaired) electrons. The molecule has 2 aromatic rings. The summed E-state index contributed by atoms with van der Waals surface area (Å²) in [6, 6.07) is 10.3. The van der Waals surface area contributed by atoms with Gasteiger partial charge in [-0.1, -0.05) is 24.8 Å². The van der Waals surface area contributed by atoms with Crippen molar-refractivity contribution in [3.63, 3.8) is 0 Å². The number of hydrogen-bond acceptors (Lipinski definition) is 4. The Morgan fingerprint density at radius 1 is 1.24 bits per heavy atom. The second-order valence-electron chi connectivity index (χ2n) is 4.80. The summed E-state index contributed by atoms with van der Waals surface area (Å²) in [6.45, 7) is 6.82. The Hall–Kier alpha value is -1.67. The minimum atomic E-state index is -0.0899. The molecule has 3 nitrogen and oxygen atoms in total. The summed E-state index contributed by atoms with van der Waals surface area (Å²) in [5.74, 6) is 5.63. The number of hydrogen-bond donors (Lipinski definition) is 1. The Bertz CT molecular complexity index is 639. The van der Waals surface area contributed by atoms with Gasteiger partial charge in [-0.25, -0.2) is 0 Å². The molecule has 21 heavy (non-hydrogen) atoms. The summed E-state index contributed by atoms with van der Waals surface area (Å²) in [6.07, 6.45) is 0. The number of aromatic nitrogens is 1. The highest BCUT2D eigenvalue weighted by Crippen LogP contribution is 2.18. The summed E-state index contributed by atoms with van der Waals surface area (Å²) in [4.78, 5) is 9.21. The zero-order valence-corrected chi connectivity index (χ0v) is 13.3. The van der Waals surface area contributed by atoms with E-state index in [0.717, 1.165) is 35.9 Å². The lowest BCUT2D eigenvalue weighted by atomic mass is 10.3. The van der Waals surface area contributed by atoms with Crippen LogP contribution >= 0.6 is 11.3 Å². The fourth-order valence-electron chi connectivity index (χ4n) is 2.07. The van der Waals surface area contributed by atoms with Gasteiger partial charge < -0.3 is 5.11 Å². The number of rotatable bonds is 5. The van der Waals surface area contributed by atoms with Crippen molar-refractivity contribution >= 4 is 11.3 Å². The van der Waals surface area contributed by atoms with Crippen LogP contribution in [-0.2, 0) is 13.1 Å². The number of pyridine rings is 1. The Balaban J connectivity index is 2.00. The van der Waals surface area contributed by atoms with Crippen molar-refractivity contribution in [2.24, 2.45) is 0 Å². The first-order chi connectivity index (χ1) is 10.2. The van der Waals surface area contributed by atoms with Gasteiger partial charge in [-0.2, -0.15) is 0 Å². The first-order valence-electron chi connectivity index (χ1n) is 7.04. The maximum atomic E-state index is 8.72. The highest BCUT2D eigenvalue weighted by Gasteiger charge is 2.08. The summed E-state index contributed by atoms with van der Waals surface area (Å²) in [5.41, 5.74) is 2.16. The van der Waals surface area contributed by atoms with Crippen LogP contribution in [0.25, 0.3) is 0 Å². The van der Waals surface area contributed by atoms with Gasteiger partial charge in [0, 0.05) is 23.7 Å². The average molecular weight is 300 g/mol. The number of aliphatic hydroxyl groups is 1. The van der Waals surface area contributed by atoms with E-state index in [2.05, 4.69) is 46.8 Å². The van der Waals surface area contributed by atoms with Gasteiger partial charge in [0.15, 0.2) is 0 Å². The highest BCUT2D eigenvalue weighted by atomic mass is 32.1. The molecule has 0 spiro atoms. The van der Waals surface area contributed by atoms with E-state index < -0.39 is 0 Å². The Labute approximate surface area is 130 Å². The van der Waals surface area contributed by atoms with Crippen LogP contribution in [0.5, 0.6) is 0 Å². The van der Waals surface area contributed by atoms with E-state index in [1.165, 1.54) is 4.88 Å². The molecule has 4 heteroatoms. The zero-order valence-electron chi connectivity index (χ0n) is 12.5. The first-order valence-corrected chi connectivity index (χ1v) is 7.86. The fourth-order valence-corrected chi connectivity index (χ4v) is 3.00. The SMILES string of the molecule is CCN(Cc1cccc(C)n1)Cc1ccc(C#CCO)s1. The van der Waals surface area contributed by atoms with E-state index in [4.69, 9.17) is 5.11 Å². The second kappa shape index (κ2) is 7.94. The molecule has 0 fully saturated rings. The summed E-state index contributed by atoms with van der Waals surface area (Å²) in [5, 5.41) is 8.72. The summed E-state index contributed by atoms with van der Waals surface area (Å²) >= 11 is 1.68. The third-order valence-corrected chi connectivity index (χ3v) is 4.10. The van der Waals surface area contributed by atoms with Gasteiger partial charge in [-0.15, -0.1) is 11.3 Å². The van der Waals surface area contributed by atoms with Crippen molar-refractivity contribution in [3.05, 3.63) is 51.5 Å². The van der Waals surface area contributed by atoms with Gasteiger partial charge in [-0.05, 0) is 37.7 Å². The normalized spacial score (nSPS) is 10.5. The second-order valence-corrected chi connectivity index (χ2v) is 5.97. The van der Waals surface area contributed by atoms with Crippen LogP contribution in [0.4, 0.5) is 0 Å². The third-order valence-electron chi connectivity index (χ3n) is 3.11. The molecule has 0 aliphatic carbocycles. The molecular formula is C17H20N2OS. The van der Waals surface area contributed by atoms with E-state index >= 15 is 0 Å². The number of aliphatic hydroxyl groups excluding tert-OH is 1. The molecule has 0 aliphatic heterocycles. The Morgan fingerprint density at radius 3 is 2.81 bits per heavy atom. The fraction of sp³-hybridized carbons (Fsp3) is 0.353. The summed E-state index contributed by atoms with van der Waals surface area (Å²) < 4.78 is 0. The van der Waals surface area contributed by atoms with E-state index in [0.29, 0.717) is 0 Å². The molecule has 0 aliphatic rings. The van der Waals surface area contributed by atoms with Gasteiger partial charge in [0.25, 0.3) is 0 Å². The van der Waals surface area contributed by atoms with Gasteiger partial charge in [0.2, 0.25) is 0 Å². The molecular weight excluding hydrogens is 280 g/mol.